The highest BCUT2D eigenvalue weighted by Gasteiger charge is 2.23. The van der Waals surface area contributed by atoms with Gasteiger partial charge in [0, 0.05) is 6.07 Å². The molecule has 1 N–H and O–H groups in total. The van der Waals surface area contributed by atoms with Gasteiger partial charge in [0.1, 0.15) is 5.69 Å². The van der Waals surface area contributed by atoms with Crippen LogP contribution in [0.15, 0.2) is 6.07 Å². The standard InChI is InChI=1S/C7H4F2N2O4/c8-7(9)3-1-5(11(14)15)6(13)4(2-12)10-3/h1-2,7,13H. The fraction of sp³-hybridized carbons (Fsp3) is 0.143. The summed E-state index contributed by atoms with van der Waals surface area (Å²) in [5.74, 6) is -1.01. The van der Waals surface area contributed by atoms with Crippen molar-refractivity contribution in [3.05, 3.63) is 27.6 Å². The first-order valence-corrected chi connectivity index (χ1v) is 3.59. The summed E-state index contributed by atoms with van der Waals surface area (Å²) in [7, 11) is 0. The molecular formula is C7H4F2N2O4. The minimum absolute atomic E-state index is 0.0335. The summed E-state index contributed by atoms with van der Waals surface area (Å²) in [5.41, 5.74) is -2.68. The lowest BCUT2D eigenvalue weighted by molar-refractivity contribution is -0.386. The molecule has 0 bridgehead atoms. The number of nitro groups is 1. The van der Waals surface area contributed by atoms with E-state index in [1.54, 1.807) is 0 Å². The summed E-state index contributed by atoms with van der Waals surface area (Å²) in [6, 6.07) is 0.424. The van der Waals surface area contributed by atoms with Gasteiger partial charge < -0.3 is 5.11 Å². The van der Waals surface area contributed by atoms with E-state index in [0.717, 1.165) is 0 Å². The SMILES string of the molecule is O=Cc1nc(C(F)F)cc([N+](=O)[O-])c1O. The molecule has 15 heavy (non-hydrogen) atoms. The Labute approximate surface area is 81.3 Å². The Hall–Kier alpha value is -2.12. The van der Waals surface area contributed by atoms with Gasteiger partial charge in [0.15, 0.2) is 12.0 Å². The molecule has 0 spiro atoms. The van der Waals surface area contributed by atoms with Crippen molar-refractivity contribution in [3.63, 3.8) is 0 Å². The molecule has 1 aromatic heterocycles. The highest BCUT2D eigenvalue weighted by Crippen LogP contribution is 2.31. The minimum atomic E-state index is -3.05. The van der Waals surface area contributed by atoms with Crippen LogP contribution in [0.25, 0.3) is 0 Å². The molecule has 0 saturated heterocycles. The number of pyridine rings is 1. The maximum Gasteiger partial charge on any atom is 0.315 e. The molecule has 0 unspecified atom stereocenters. The van der Waals surface area contributed by atoms with E-state index in [4.69, 9.17) is 5.11 Å². The van der Waals surface area contributed by atoms with E-state index >= 15 is 0 Å². The molecule has 1 rings (SSSR count). The summed E-state index contributed by atoms with van der Waals surface area (Å²) >= 11 is 0. The van der Waals surface area contributed by atoms with Crippen LogP contribution in [0.3, 0.4) is 0 Å². The molecule has 0 atom stereocenters. The quantitative estimate of drug-likeness (QED) is 0.470. The number of halogens is 2. The van der Waals surface area contributed by atoms with Crippen LogP contribution in [-0.4, -0.2) is 21.3 Å². The van der Waals surface area contributed by atoms with Gasteiger partial charge in [-0.05, 0) is 0 Å². The molecule has 0 aliphatic heterocycles. The van der Waals surface area contributed by atoms with Crippen molar-refractivity contribution in [1.29, 1.82) is 0 Å². The highest BCUT2D eigenvalue weighted by molar-refractivity contribution is 5.79. The van der Waals surface area contributed by atoms with Gasteiger partial charge in [0.05, 0.1) is 4.92 Å². The van der Waals surface area contributed by atoms with Gasteiger partial charge >= 0.3 is 5.69 Å². The molecule has 80 valence electrons. The molecule has 6 nitrogen and oxygen atoms in total. The first kappa shape index (κ1) is 11.0. The van der Waals surface area contributed by atoms with Crippen LogP contribution in [0, 0.1) is 10.1 Å². The van der Waals surface area contributed by atoms with Crippen LogP contribution in [0.4, 0.5) is 14.5 Å². The van der Waals surface area contributed by atoms with Crippen LogP contribution >= 0.6 is 0 Å². The van der Waals surface area contributed by atoms with Crippen LogP contribution in [0.1, 0.15) is 22.6 Å². The van der Waals surface area contributed by atoms with Gasteiger partial charge in [0.2, 0.25) is 5.75 Å². The Bertz CT molecular complexity index is 422. The molecule has 0 fully saturated rings. The van der Waals surface area contributed by atoms with Gasteiger partial charge in [-0.2, -0.15) is 0 Å². The van der Waals surface area contributed by atoms with Crippen LogP contribution in [-0.2, 0) is 0 Å². The third-order valence-electron chi connectivity index (χ3n) is 1.55. The monoisotopic (exact) mass is 218 g/mol. The summed E-state index contributed by atoms with van der Waals surface area (Å²) in [6.07, 6.45) is -3.09. The highest BCUT2D eigenvalue weighted by atomic mass is 19.3. The summed E-state index contributed by atoms with van der Waals surface area (Å²) in [6.45, 7) is 0. The lowest BCUT2D eigenvalue weighted by Gasteiger charge is -2.02. The normalized spacial score (nSPS) is 10.3. The van der Waals surface area contributed by atoms with Crippen molar-refractivity contribution < 1.29 is 23.6 Å². The molecule has 1 heterocycles. The number of nitrogens with zero attached hydrogens (tertiary/aromatic N) is 2. The predicted molar refractivity (Wildman–Crippen MR) is 42.9 cm³/mol. The average Bonchev–Trinajstić information content (AvgIpc) is 2.17. The van der Waals surface area contributed by atoms with Crippen molar-refractivity contribution in [3.8, 4) is 5.75 Å². The van der Waals surface area contributed by atoms with Crippen molar-refractivity contribution in [2.24, 2.45) is 0 Å². The van der Waals surface area contributed by atoms with Crippen molar-refractivity contribution in [2.45, 2.75) is 6.43 Å². The number of alkyl halides is 2. The first-order valence-electron chi connectivity index (χ1n) is 3.59. The number of hydrogen-bond acceptors (Lipinski definition) is 5. The maximum absolute atomic E-state index is 12.2. The Kier molecular flexibility index (Phi) is 2.88. The van der Waals surface area contributed by atoms with E-state index in [0.29, 0.717) is 6.07 Å². The van der Waals surface area contributed by atoms with Gasteiger partial charge in [0.25, 0.3) is 6.43 Å². The zero-order valence-corrected chi connectivity index (χ0v) is 7.05. The van der Waals surface area contributed by atoms with Crippen LogP contribution < -0.4 is 0 Å². The largest absolute Gasteiger partial charge is 0.501 e. The summed E-state index contributed by atoms with van der Waals surface area (Å²) in [4.78, 5) is 22.6. The van der Waals surface area contributed by atoms with Gasteiger partial charge in [-0.3, -0.25) is 14.9 Å². The number of carbonyl (C=O) groups is 1. The molecule has 0 amide bonds. The molecule has 0 radical (unpaired) electrons. The van der Waals surface area contributed by atoms with E-state index in [1.165, 1.54) is 0 Å². The second-order valence-electron chi connectivity index (χ2n) is 2.48. The van der Waals surface area contributed by atoms with E-state index in [1.807, 2.05) is 0 Å². The summed E-state index contributed by atoms with van der Waals surface area (Å²) in [5, 5.41) is 19.4. The minimum Gasteiger partial charge on any atom is -0.501 e. The Morgan fingerprint density at radius 2 is 2.20 bits per heavy atom. The Balaban J connectivity index is 3.45. The molecule has 8 heteroatoms. The number of rotatable bonds is 3. The number of aromatic nitrogens is 1. The van der Waals surface area contributed by atoms with Gasteiger partial charge in [-0.25, -0.2) is 13.8 Å². The van der Waals surface area contributed by atoms with Crippen molar-refractivity contribution in [2.75, 3.05) is 0 Å². The molecular weight excluding hydrogens is 214 g/mol. The van der Waals surface area contributed by atoms with Crippen LogP contribution in [0.2, 0.25) is 0 Å². The predicted octanol–water partition coefficient (Wildman–Crippen LogP) is 1.45. The Morgan fingerprint density at radius 3 is 2.60 bits per heavy atom. The molecule has 0 aromatic carbocycles. The fourth-order valence-corrected chi connectivity index (χ4v) is 0.897. The third kappa shape index (κ3) is 2.03. The van der Waals surface area contributed by atoms with E-state index in [2.05, 4.69) is 4.98 Å². The van der Waals surface area contributed by atoms with Gasteiger partial charge in [-0.15, -0.1) is 0 Å². The fourth-order valence-electron chi connectivity index (χ4n) is 0.897. The zero-order chi connectivity index (χ0) is 11.6. The van der Waals surface area contributed by atoms with E-state index in [-0.39, 0.29) is 6.29 Å². The van der Waals surface area contributed by atoms with Crippen LogP contribution in [0.5, 0.6) is 5.75 Å². The second kappa shape index (κ2) is 3.95. The number of aldehydes is 1. The maximum atomic E-state index is 12.2. The van der Waals surface area contributed by atoms with E-state index in [9.17, 15) is 23.7 Å². The number of hydrogen-bond donors (Lipinski definition) is 1. The van der Waals surface area contributed by atoms with Gasteiger partial charge in [-0.1, -0.05) is 0 Å². The van der Waals surface area contributed by atoms with E-state index < -0.39 is 34.2 Å². The topological polar surface area (TPSA) is 93.3 Å². The molecule has 0 aliphatic carbocycles. The molecule has 1 aromatic rings. The van der Waals surface area contributed by atoms with Crippen molar-refractivity contribution in [1.82, 2.24) is 4.98 Å². The average molecular weight is 218 g/mol. The Morgan fingerprint density at radius 1 is 1.60 bits per heavy atom. The molecule has 0 aliphatic rings. The molecule has 0 saturated carbocycles. The lowest BCUT2D eigenvalue weighted by atomic mass is 10.2. The smallest absolute Gasteiger partial charge is 0.315 e. The number of carbonyl (C=O) groups excluding carboxylic acids is 1. The third-order valence-corrected chi connectivity index (χ3v) is 1.55. The van der Waals surface area contributed by atoms with Crippen molar-refractivity contribution >= 4 is 12.0 Å². The number of aromatic hydroxyl groups is 1. The summed E-state index contributed by atoms with van der Waals surface area (Å²) < 4.78 is 24.4. The first-order chi connectivity index (χ1) is 6.97. The zero-order valence-electron chi connectivity index (χ0n) is 7.05. The second-order valence-corrected chi connectivity index (χ2v) is 2.48. The lowest BCUT2D eigenvalue weighted by Crippen LogP contribution is -2.00.